The van der Waals surface area contributed by atoms with Gasteiger partial charge in [-0.3, -0.25) is 10.1 Å². The molecule has 0 aliphatic rings. The summed E-state index contributed by atoms with van der Waals surface area (Å²) < 4.78 is 0. The fourth-order valence-corrected chi connectivity index (χ4v) is 2.06. The first-order valence-electron chi connectivity index (χ1n) is 5.20. The lowest BCUT2D eigenvalue weighted by molar-refractivity contribution is -0.384. The molecule has 0 radical (unpaired) electrons. The minimum absolute atomic E-state index is 0.0119. The van der Waals surface area contributed by atoms with E-state index in [0.29, 0.717) is 15.7 Å². The van der Waals surface area contributed by atoms with Crippen LogP contribution in [0.5, 0.6) is 0 Å². The van der Waals surface area contributed by atoms with E-state index < -0.39 is 4.92 Å². The molecular weight excluding hydrogens is 327 g/mol. The molecule has 0 aliphatic carbocycles. The molecule has 0 amide bonds. The third-order valence-electron chi connectivity index (χ3n) is 2.31. The first kappa shape index (κ1) is 14.6. The maximum absolute atomic E-state index is 10.8. The van der Waals surface area contributed by atoms with Crippen LogP contribution in [0.25, 0.3) is 0 Å². The van der Waals surface area contributed by atoms with Crippen LogP contribution in [0.4, 0.5) is 23.0 Å². The average Bonchev–Trinajstić information content (AvgIpc) is 2.35. The van der Waals surface area contributed by atoms with Crippen LogP contribution in [0.1, 0.15) is 0 Å². The maximum Gasteiger partial charge on any atom is 0.276 e. The zero-order chi connectivity index (χ0) is 14.9. The van der Waals surface area contributed by atoms with Gasteiger partial charge in [0.05, 0.1) is 37.8 Å². The van der Waals surface area contributed by atoms with E-state index >= 15 is 0 Å². The predicted octanol–water partition coefficient (Wildman–Crippen LogP) is 4.28. The number of nitrogen functional groups attached to an aromatic ring is 1. The second-order valence-electron chi connectivity index (χ2n) is 3.76. The van der Waals surface area contributed by atoms with Crippen molar-refractivity contribution < 1.29 is 4.92 Å². The van der Waals surface area contributed by atoms with Gasteiger partial charge in [-0.15, -0.1) is 0 Å². The predicted molar refractivity (Wildman–Crippen MR) is 80.1 cm³/mol. The van der Waals surface area contributed by atoms with Gasteiger partial charge >= 0.3 is 0 Å². The zero-order valence-corrected chi connectivity index (χ0v) is 12.0. The van der Waals surface area contributed by atoms with Crippen LogP contribution in [0.3, 0.4) is 0 Å². The molecule has 6 nitrogen and oxygen atoms in total. The molecular formula is C11H7Cl3N4O2. The van der Waals surface area contributed by atoms with Gasteiger partial charge in [-0.2, -0.15) is 0 Å². The molecule has 0 bridgehead atoms. The molecule has 3 N–H and O–H groups in total. The smallest absolute Gasteiger partial charge is 0.276 e. The van der Waals surface area contributed by atoms with Gasteiger partial charge in [-0.05, 0) is 12.1 Å². The third kappa shape index (κ3) is 3.22. The van der Waals surface area contributed by atoms with E-state index in [4.69, 9.17) is 40.5 Å². The topological polar surface area (TPSA) is 94.1 Å². The standard InChI is InChI=1S/C11H7Cl3N4O2/c12-6-3-8(14)9(4-7(6)13)16-11-2-5(18(19)20)1-10(15)17-11/h1-4H,(H3,15,16,17). The molecule has 0 atom stereocenters. The maximum atomic E-state index is 10.8. The third-order valence-corrected chi connectivity index (χ3v) is 3.35. The lowest BCUT2D eigenvalue weighted by atomic mass is 10.3. The van der Waals surface area contributed by atoms with Crippen LogP contribution in [0, 0.1) is 10.1 Å². The summed E-state index contributed by atoms with van der Waals surface area (Å²) in [6.45, 7) is 0. The van der Waals surface area contributed by atoms with Crippen LogP contribution < -0.4 is 11.1 Å². The average molecular weight is 334 g/mol. The Hall–Kier alpha value is -1.76. The summed E-state index contributed by atoms with van der Waals surface area (Å²) in [5, 5.41) is 14.4. The number of anilines is 3. The number of benzene rings is 1. The Labute approximate surface area is 128 Å². The highest BCUT2D eigenvalue weighted by atomic mass is 35.5. The number of nitrogens with two attached hydrogens (primary N) is 1. The van der Waals surface area contributed by atoms with Crippen molar-refractivity contribution in [2.75, 3.05) is 11.1 Å². The quantitative estimate of drug-likeness (QED) is 0.497. The zero-order valence-electron chi connectivity index (χ0n) is 9.73. The van der Waals surface area contributed by atoms with Gasteiger partial charge in [0.2, 0.25) is 0 Å². The summed E-state index contributed by atoms with van der Waals surface area (Å²) in [4.78, 5) is 14.1. The molecule has 1 heterocycles. The Bertz CT molecular complexity index is 694. The summed E-state index contributed by atoms with van der Waals surface area (Å²) in [5.41, 5.74) is 5.73. The van der Waals surface area contributed by atoms with Gasteiger partial charge in [-0.25, -0.2) is 4.98 Å². The number of nitro groups is 1. The summed E-state index contributed by atoms with van der Waals surface area (Å²) in [6.07, 6.45) is 0. The molecule has 2 aromatic rings. The van der Waals surface area contributed by atoms with Crippen molar-refractivity contribution in [3.63, 3.8) is 0 Å². The molecule has 104 valence electrons. The van der Waals surface area contributed by atoms with Crippen LogP contribution in [0.2, 0.25) is 15.1 Å². The van der Waals surface area contributed by atoms with E-state index in [1.807, 2.05) is 0 Å². The number of nitrogens with zero attached hydrogens (tertiary/aromatic N) is 2. The summed E-state index contributed by atoms with van der Waals surface area (Å²) in [7, 11) is 0. The van der Waals surface area contributed by atoms with Crippen molar-refractivity contribution >= 4 is 57.8 Å². The van der Waals surface area contributed by atoms with Crippen LogP contribution in [-0.2, 0) is 0 Å². The normalized spacial score (nSPS) is 10.3. The minimum atomic E-state index is -0.570. The Morgan fingerprint density at radius 3 is 2.40 bits per heavy atom. The van der Waals surface area contributed by atoms with E-state index in [1.165, 1.54) is 18.2 Å². The van der Waals surface area contributed by atoms with E-state index in [0.717, 1.165) is 6.07 Å². The van der Waals surface area contributed by atoms with Crippen molar-refractivity contribution in [2.24, 2.45) is 0 Å². The Morgan fingerprint density at radius 2 is 1.75 bits per heavy atom. The SMILES string of the molecule is Nc1cc([N+](=O)[O-])cc(Nc2cc(Cl)c(Cl)cc2Cl)n1. The van der Waals surface area contributed by atoms with Gasteiger partial charge in [0.1, 0.15) is 11.6 Å². The fourth-order valence-electron chi connectivity index (χ4n) is 1.46. The minimum Gasteiger partial charge on any atom is -0.383 e. The molecule has 1 aromatic heterocycles. The van der Waals surface area contributed by atoms with Crippen LogP contribution in [0.15, 0.2) is 24.3 Å². The van der Waals surface area contributed by atoms with Crippen LogP contribution >= 0.6 is 34.8 Å². The number of aromatic nitrogens is 1. The first-order chi connectivity index (χ1) is 9.36. The van der Waals surface area contributed by atoms with Crippen molar-refractivity contribution in [1.29, 1.82) is 0 Å². The van der Waals surface area contributed by atoms with Crippen molar-refractivity contribution in [1.82, 2.24) is 4.98 Å². The molecule has 0 unspecified atom stereocenters. The largest absolute Gasteiger partial charge is 0.383 e. The Balaban J connectivity index is 2.40. The second-order valence-corrected chi connectivity index (χ2v) is 4.99. The van der Waals surface area contributed by atoms with Crippen LogP contribution in [-0.4, -0.2) is 9.91 Å². The molecule has 0 aliphatic heterocycles. The Kier molecular flexibility index (Phi) is 4.17. The Morgan fingerprint density at radius 1 is 1.10 bits per heavy atom. The van der Waals surface area contributed by atoms with Gasteiger partial charge in [0.15, 0.2) is 0 Å². The molecule has 9 heteroatoms. The number of hydrogen-bond acceptors (Lipinski definition) is 5. The second kappa shape index (κ2) is 5.70. The highest BCUT2D eigenvalue weighted by molar-refractivity contribution is 6.44. The van der Waals surface area contributed by atoms with Crippen molar-refractivity contribution in [3.8, 4) is 0 Å². The highest BCUT2D eigenvalue weighted by Crippen LogP contribution is 2.34. The highest BCUT2D eigenvalue weighted by Gasteiger charge is 2.12. The van der Waals surface area contributed by atoms with E-state index in [9.17, 15) is 10.1 Å². The number of pyridine rings is 1. The van der Waals surface area contributed by atoms with Crippen molar-refractivity contribution in [3.05, 3.63) is 49.4 Å². The molecule has 20 heavy (non-hydrogen) atoms. The van der Waals surface area contributed by atoms with E-state index in [1.54, 1.807) is 0 Å². The molecule has 2 rings (SSSR count). The lowest BCUT2D eigenvalue weighted by Crippen LogP contribution is -2.00. The van der Waals surface area contributed by atoms with Crippen molar-refractivity contribution in [2.45, 2.75) is 0 Å². The summed E-state index contributed by atoms with van der Waals surface area (Å²) >= 11 is 17.7. The molecule has 1 aromatic carbocycles. The van der Waals surface area contributed by atoms with E-state index in [2.05, 4.69) is 10.3 Å². The van der Waals surface area contributed by atoms with E-state index in [-0.39, 0.29) is 22.3 Å². The fraction of sp³-hybridized carbons (Fsp3) is 0. The molecule has 0 fully saturated rings. The number of rotatable bonds is 3. The molecule has 0 saturated carbocycles. The number of halogens is 3. The molecule has 0 spiro atoms. The number of hydrogen-bond donors (Lipinski definition) is 2. The monoisotopic (exact) mass is 332 g/mol. The first-order valence-corrected chi connectivity index (χ1v) is 6.33. The summed E-state index contributed by atoms with van der Waals surface area (Å²) in [6, 6.07) is 5.33. The van der Waals surface area contributed by atoms with Gasteiger partial charge in [0, 0.05) is 0 Å². The summed E-state index contributed by atoms with van der Waals surface area (Å²) in [5.74, 6) is 0.190. The van der Waals surface area contributed by atoms with Gasteiger partial charge in [0.25, 0.3) is 5.69 Å². The van der Waals surface area contributed by atoms with Gasteiger partial charge in [-0.1, -0.05) is 34.8 Å². The molecule has 0 saturated heterocycles. The van der Waals surface area contributed by atoms with Gasteiger partial charge < -0.3 is 11.1 Å². The number of nitrogens with one attached hydrogen (secondary N) is 1. The lowest BCUT2D eigenvalue weighted by Gasteiger charge is -2.09.